The third-order valence-corrected chi connectivity index (χ3v) is 2.54. The molecule has 0 spiro atoms. The third-order valence-electron chi connectivity index (χ3n) is 2.54. The standard InChI is InChI=1S/C14H16O4/c1-3-18-14(17)10(2)12(13(15)16)9-11-7-5-4-6-8-11/h4-8,12H,2-3,9H2,1H3,(H,15,16). The Morgan fingerprint density at radius 1 is 1.33 bits per heavy atom. The summed E-state index contributed by atoms with van der Waals surface area (Å²) in [6.07, 6.45) is 0.230. The molecule has 18 heavy (non-hydrogen) atoms. The molecule has 0 aliphatic carbocycles. The Hall–Kier alpha value is -2.10. The summed E-state index contributed by atoms with van der Waals surface area (Å²) in [5, 5.41) is 9.15. The fraction of sp³-hybridized carbons (Fsp3) is 0.286. The first-order chi connectivity index (χ1) is 8.56. The van der Waals surface area contributed by atoms with Crippen molar-refractivity contribution in [1.82, 2.24) is 0 Å². The number of carboxylic acid groups (broad SMARTS) is 1. The topological polar surface area (TPSA) is 63.6 Å². The van der Waals surface area contributed by atoms with Gasteiger partial charge in [0.1, 0.15) is 0 Å². The minimum absolute atomic E-state index is 0.0202. The van der Waals surface area contributed by atoms with Crippen molar-refractivity contribution in [2.75, 3.05) is 6.61 Å². The van der Waals surface area contributed by atoms with E-state index in [1.807, 2.05) is 30.3 Å². The molecule has 0 heterocycles. The van der Waals surface area contributed by atoms with Gasteiger partial charge in [0.2, 0.25) is 0 Å². The number of ether oxygens (including phenoxy) is 1. The van der Waals surface area contributed by atoms with E-state index in [1.54, 1.807) is 6.92 Å². The van der Waals surface area contributed by atoms with Crippen LogP contribution in [0.5, 0.6) is 0 Å². The maximum Gasteiger partial charge on any atom is 0.334 e. The van der Waals surface area contributed by atoms with Crippen LogP contribution in [0.4, 0.5) is 0 Å². The number of hydrogen-bond acceptors (Lipinski definition) is 3. The van der Waals surface area contributed by atoms with Crippen molar-refractivity contribution in [1.29, 1.82) is 0 Å². The Kier molecular flexibility index (Phi) is 5.11. The number of benzene rings is 1. The van der Waals surface area contributed by atoms with E-state index in [4.69, 9.17) is 9.84 Å². The summed E-state index contributed by atoms with van der Waals surface area (Å²) in [6.45, 7) is 5.40. The minimum Gasteiger partial charge on any atom is -0.481 e. The van der Waals surface area contributed by atoms with Crippen molar-refractivity contribution < 1.29 is 19.4 Å². The normalized spacial score (nSPS) is 11.6. The van der Waals surface area contributed by atoms with Gasteiger partial charge in [-0.3, -0.25) is 4.79 Å². The van der Waals surface area contributed by atoms with E-state index in [0.29, 0.717) is 0 Å². The predicted molar refractivity (Wildman–Crippen MR) is 67.0 cm³/mol. The first kappa shape index (κ1) is 14.0. The zero-order valence-electron chi connectivity index (χ0n) is 10.3. The van der Waals surface area contributed by atoms with Crippen molar-refractivity contribution in [3.63, 3.8) is 0 Å². The number of hydrogen-bond donors (Lipinski definition) is 1. The Bertz CT molecular complexity index is 436. The largest absolute Gasteiger partial charge is 0.481 e. The van der Waals surface area contributed by atoms with Gasteiger partial charge in [0, 0.05) is 5.57 Å². The molecule has 4 nitrogen and oxygen atoms in total. The molecular weight excluding hydrogens is 232 g/mol. The molecule has 0 amide bonds. The van der Waals surface area contributed by atoms with E-state index >= 15 is 0 Å². The highest BCUT2D eigenvalue weighted by Gasteiger charge is 2.26. The van der Waals surface area contributed by atoms with Gasteiger partial charge < -0.3 is 9.84 Å². The Morgan fingerprint density at radius 3 is 2.44 bits per heavy atom. The van der Waals surface area contributed by atoms with Gasteiger partial charge in [0.15, 0.2) is 0 Å². The molecule has 0 aromatic heterocycles. The highest BCUT2D eigenvalue weighted by Crippen LogP contribution is 2.17. The van der Waals surface area contributed by atoms with Crippen LogP contribution in [-0.2, 0) is 20.7 Å². The second kappa shape index (κ2) is 6.59. The summed E-state index contributed by atoms with van der Waals surface area (Å²) < 4.78 is 4.77. The highest BCUT2D eigenvalue weighted by atomic mass is 16.5. The molecule has 96 valence electrons. The molecule has 0 radical (unpaired) electrons. The van der Waals surface area contributed by atoms with Crippen LogP contribution in [0, 0.1) is 5.92 Å². The van der Waals surface area contributed by atoms with Crippen LogP contribution in [-0.4, -0.2) is 23.7 Å². The summed E-state index contributed by atoms with van der Waals surface area (Å²) in [4.78, 5) is 22.7. The number of carbonyl (C=O) groups excluding carboxylic acids is 1. The van der Waals surface area contributed by atoms with Crippen LogP contribution < -0.4 is 0 Å². The fourth-order valence-corrected chi connectivity index (χ4v) is 1.58. The molecule has 0 fully saturated rings. The second-order valence-electron chi connectivity index (χ2n) is 3.83. The van der Waals surface area contributed by atoms with E-state index < -0.39 is 17.9 Å². The quantitative estimate of drug-likeness (QED) is 0.618. The molecule has 1 rings (SSSR count). The van der Waals surface area contributed by atoms with Gasteiger partial charge in [0.25, 0.3) is 0 Å². The summed E-state index contributed by atoms with van der Waals surface area (Å²) >= 11 is 0. The van der Waals surface area contributed by atoms with Gasteiger partial charge >= 0.3 is 11.9 Å². The summed E-state index contributed by atoms with van der Waals surface area (Å²) in [5.74, 6) is -2.68. The lowest BCUT2D eigenvalue weighted by Crippen LogP contribution is -2.24. The molecule has 1 atom stereocenters. The van der Waals surface area contributed by atoms with E-state index in [0.717, 1.165) is 5.56 Å². The van der Waals surface area contributed by atoms with Gasteiger partial charge in [-0.05, 0) is 18.9 Å². The van der Waals surface area contributed by atoms with Gasteiger partial charge in [-0.2, -0.15) is 0 Å². The minimum atomic E-state index is -1.07. The Morgan fingerprint density at radius 2 is 1.94 bits per heavy atom. The second-order valence-corrected chi connectivity index (χ2v) is 3.83. The first-order valence-electron chi connectivity index (χ1n) is 5.69. The summed E-state index contributed by atoms with van der Waals surface area (Å²) in [6, 6.07) is 9.12. The SMILES string of the molecule is C=C(C(=O)OCC)C(Cc1ccccc1)C(=O)O. The molecule has 0 saturated heterocycles. The lowest BCUT2D eigenvalue weighted by Gasteiger charge is -2.14. The number of carbonyl (C=O) groups is 2. The lowest BCUT2D eigenvalue weighted by atomic mass is 9.93. The maximum atomic E-state index is 11.5. The molecule has 1 aromatic rings. The summed E-state index contributed by atoms with van der Waals surface area (Å²) in [7, 11) is 0. The van der Waals surface area contributed by atoms with Crippen LogP contribution in [0.25, 0.3) is 0 Å². The number of carboxylic acids is 1. The van der Waals surface area contributed by atoms with E-state index in [9.17, 15) is 9.59 Å². The molecule has 1 N–H and O–H groups in total. The lowest BCUT2D eigenvalue weighted by molar-refractivity contribution is -0.145. The van der Waals surface area contributed by atoms with Crippen molar-refractivity contribution >= 4 is 11.9 Å². The monoisotopic (exact) mass is 248 g/mol. The molecule has 4 heteroatoms. The van der Waals surface area contributed by atoms with Crippen LogP contribution in [0.3, 0.4) is 0 Å². The van der Waals surface area contributed by atoms with Crippen LogP contribution in [0.15, 0.2) is 42.5 Å². The molecule has 1 aromatic carbocycles. The van der Waals surface area contributed by atoms with Crippen molar-refractivity contribution in [3.05, 3.63) is 48.0 Å². The fourth-order valence-electron chi connectivity index (χ4n) is 1.58. The van der Waals surface area contributed by atoms with E-state index in [1.165, 1.54) is 0 Å². The molecule has 0 aliphatic heterocycles. The van der Waals surface area contributed by atoms with Gasteiger partial charge in [-0.15, -0.1) is 0 Å². The molecule has 0 aliphatic rings. The Labute approximate surface area is 106 Å². The number of esters is 1. The van der Waals surface area contributed by atoms with E-state index in [2.05, 4.69) is 6.58 Å². The zero-order valence-corrected chi connectivity index (χ0v) is 10.3. The van der Waals surface area contributed by atoms with Crippen molar-refractivity contribution in [2.24, 2.45) is 5.92 Å². The average Bonchev–Trinajstić information content (AvgIpc) is 2.36. The first-order valence-corrected chi connectivity index (χ1v) is 5.69. The molecule has 0 bridgehead atoms. The molecule has 0 saturated carbocycles. The smallest absolute Gasteiger partial charge is 0.334 e. The number of rotatable bonds is 6. The van der Waals surface area contributed by atoms with Gasteiger partial charge in [-0.1, -0.05) is 36.9 Å². The molecular formula is C14H16O4. The van der Waals surface area contributed by atoms with Gasteiger partial charge in [0.05, 0.1) is 12.5 Å². The third kappa shape index (κ3) is 3.73. The zero-order chi connectivity index (χ0) is 13.5. The number of aliphatic carboxylic acids is 1. The van der Waals surface area contributed by atoms with Gasteiger partial charge in [-0.25, -0.2) is 4.79 Å². The summed E-state index contributed by atoms with van der Waals surface area (Å²) in [5.41, 5.74) is 0.823. The van der Waals surface area contributed by atoms with E-state index in [-0.39, 0.29) is 18.6 Å². The highest BCUT2D eigenvalue weighted by molar-refractivity contribution is 5.94. The predicted octanol–water partition coefficient (Wildman–Crippen LogP) is 2.05. The Balaban J connectivity index is 2.81. The van der Waals surface area contributed by atoms with Crippen LogP contribution in [0.2, 0.25) is 0 Å². The van der Waals surface area contributed by atoms with Crippen molar-refractivity contribution in [3.8, 4) is 0 Å². The maximum absolute atomic E-state index is 11.5. The van der Waals surface area contributed by atoms with Crippen LogP contribution >= 0.6 is 0 Å². The molecule has 1 unspecified atom stereocenters. The van der Waals surface area contributed by atoms with Crippen LogP contribution in [0.1, 0.15) is 12.5 Å². The average molecular weight is 248 g/mol. The van der Waals surface area contributed by atoms with Crippen molar-refractivity contribution in [2.45, 2.75) is 13.3 Å².